The minimum atomic E-state index is -0.271. The van der Waals surface area contributed by atoms with E-state index < -0.39 is 0 Å². The van der Waals surface area contributed by atoms with Crippen LogP contribution < -0.4 is 10.6 Å². The van der Waals surface area contributed by atoms with Crippen molar-refractivity contribution in [2.24, 2.45) is 0 Å². The second-order valence-electron chi connectivity index (χ2n) is 6.78. The van der Waals surface area contributed by atoms with Gasteiger partial charge in [-0.3, -0.25) is 9.59 Å². The zero-order valence-electron chi connectivity index (χ0n) is 15.9. The number of furan rings is 1. The minimum absolute atomic E-state index is 0.193. The summed E-state index contributed by atoms with van der Waals surface area (Å²) in [4.78, 5) is 24.8. The number of amides is 2. The van der Waals surface area contributed by atoms with Gasteiger partial charge in [0, 0.05) is 22.2 Å². The number of fused-ring (bicyclic) bond motifs is 1. The summed E-state index contributed by atoms with van der Waals surface area (Å²) in [5.41, 5.74) is 2.50. The molecule has 0 aliphatic rings. The Labute approximate surface area is 168 Å². The van der Waals surface area contributed by atoms with Crippen molar-refractivity contribution in [1.29, 1.82) is 0 Å². The summed E-state index contributed by atoms with van der Waals surface area (Å²) >= 11 is 0. The van der Waals surface area contributed by atoms with Crippen LogP contribution in [0.25, 0.3) is 11.0 Å². The van der Waals surface area contributed by atoms with Gasteiger partial charge in [0.05, 0.1) is 6.04 Å². The number of para-hydroxylation sites is 1. The van der Waals surface area contributed by atoms with Crippen LogP contribution in [0.15, 0.2) is 89.3 Å². The van der Waals surface area contributed by atoms with Gasteiger partial charge in [0.25, 0.3) is 11.8 Å². The SMILES string of the molecule is CC(NC(=O)c1ccc(NC(=O)c2ccccc2)cc1)c1cc2ccccc2o1. The van der Waals surface area contributed by atoms with Crippen molar-refractivity contribution in [3.05, 3.63) is 102 Å². The maximum absolute atomic E-state index is 12.6. The Balaban J connectivity index is 1.40. The van der Waals surface area contributed by atoms with Gasteiger partial charge >= 0.3 is 0 Å². The number of anilines is 1. The molecule has 3 aromatic carbocycles. The third-order valence-electron chi connectivity index (χ3n) is 4.66. The third-order valence-corrected chi connectivity index (χ3v) is 4.66. The summed E-state index contributed by atoms with van der Waals surface area (Å²) < 4.78 is 5.81. The summed E-state index contributed by atoms with van der Waals surface area (Å²) in [5, 5.41) is 6.76. The third kappa shape index (κ3) is 4.19. The lowest BCUT2D eigenvalue weighted by Gasteiger charge is -2.12. The highest BCUT2D eigenvalue weighted by molar-refractivity contribution is 6.04. The first-order valence-electron chi connectivity index (χ1n) is 9.36. The summed E-state index contributed by atoms with van der Waals surface area (Å²) in [6.45, 7) is 1.88. The molecule has 5 nitrogen and oxygen atoms in total. The number of hydrogen-bond donors (Lipinski definition) is 2. The maximum Gasteiger partial charge on any atom is 0.255 e. The smallest absolute Gasteiger partial charge is 0.255 e. The average molecular weight is 384 g/mol. The van der Waals surface area contributed by atoms with Crippen molar-refractivity contribution < 1.29 is 14.0 Å². The van der Waals surface area contributed by atoms with E-state index in [2.05, 4.69) is 10.6 Å². The fourth-order valence-corrected chi connectivity index (χ4v) is 3.06. The molecule has 0 saturated carbocycles. The highest BCUT2D eigenvalue weighted by Crippen LogP contribution is 2.24. The van der Waals surface area contributed by atoms with E-state index in [0.29, 0.717) is 22.6 Å². The fraction of sp³-hybridized carbons (Fsp3) is 0.0833. The van der Waals surface area contributed by atoms with Gasteiger partial charge in [-0.1, -0.05) is 36.4 Å². The van der Waals surface area contributed by atoms with Crippen LogP contribution >= 0.6 is 0 Å². The number of benzene rings is 3. The van der Waals surface area contributed by atoms with Gasteiger partial charge < -0.3 is 15.1 Å². The van der Waals surface area contributed by atoms with E-state index in [1.165, 1.54) is 0 Å². The Morgan fingerprint density at radius 1 is 0.793 bits per heavy atom. The molecule has 0 bridgehead atoms. The first kappa shape index (κ1) is 18.5. The molecule has 1 unspecified atom stereocenters. The van der Waals surface area contributed by atoms with Gasteiger partial charge in [0.15, 0.2) is 0 Å². The zero-order chi connectivity index (χ0) is 20.2. The average Bonchev–Trinajstić information content (AvgIpc) is 3.19. The second kappa shape index (κ2) is 8.02. The van der Waals surface area contributed by atoms with Gasteiger partial charge in [-0.25, -0.2) is 0 Å². The van der Waals surface area contributed by atoms with Crippen LogP contribution in [-0.4, -0.2) is 11.8 Å². The summed E-state index contributed by atoms with van der Waals surface area (Å²) in [6, 6.07) is 25.1. The summed E-state index contributed by atoms with van der Waals surface area (Å²) in [5.74, 6) is 0.298. The van der Waals surface area contributed by atoms with Gasteiger partial charge in [-0.2, -0.15) is 0 Å². The molecule has 1 aromatic heterocycles. The van der Waals surface area contributed by atoms with Crippen molar-refractivity contribution in [1.82, 2.24) is 5.32 Å². The molecular formula is C24H20N2O3. The van der Waals surface area contributed by atoms with Crippen LogP contribution in [0.1, 0.15) is 39.4 Å². The molecule has 4 aromatic rings. The molecule has 0 spiro atoms. The van der Waals surface area contributed by atoms with Crippen molar-refractivity contribution >= 4 is 28.5 Å². The molecule has 1 heterocycles. The number of nitrogens with one attached hydrogen (secondary N) is 2. The van der Waals surface area contributed by atoms with Crippen LogP contribution in [0.4, 0.5) is 5.69 Å². The van der Waals surface area contributed by atoms with E-state index in [9.17, 15) is 9.59 Å². The van der Waals surface area contributed by atoms with Crippen LogP contribution in [-0.2, 0) is 0 Å². The highest BCUT2D eigenvalue weighted by Gasteiger charge is 2.15. The van der Waals surface area contributed by atoms with E-state index in [-0.39, 0.29) is 17.9 Å². The molecule has 144 valence electrons. The van der Waals surface area contributed by atoms with E-state index in [1.807, 2.05) is 55.5 Å². The molecule has 4 rings (SSSR count). The predicted octanol–water partition coefficient (Wildman–Crippen LogP) is 5.18. The molecule has 0 aliphatic heterocycles. The number of hydrogen-bond acceptors (Lipinski definition) is 3. The minimum Gasteiger partial charge on any atom is -0.459 e. The molecule has 0 saturated heterocycles. The first-order valence-corrected chi connectivity index (χ1v) is 9.36. The second-order valence-corrected chi connectivity index (χ2v) is 6.78. The lowest BCUT2D eigenvalue weighted by molar-refractivity contribution is 0.0935. The topological polar surface area (TPSA) is 71.3 Å². The number of rotatable bonds is 5. The molecule has 0 fully saturated rings. The molecule has 2 amide bonds. The summed E-state index contributed by atoms with van der Waals surface area (Å²) in [6.07, 6.45) is 0. The van der Waals surface area contributed by atoms with E-state index in [0.717, 1.165) is 11.0 Å². The van der Waals surface area contributed by atoms with E-state index in [4.69, 9.17) is 4.42 Å². The van der Waals surface area contributed by atoms with Crippen molar-refractivity contribution in [2.75, 3.05) is 5.32 Å². The monoisotopic (exact) mass is 384 g/mol. The Morgan fingerprint density at radius 2 is 1.45 bits per heavy atom. The quantitative estimate of drug-likeness (QED) is 0.498. The van der Waals surface area contributed by atoms with Crippen molar-refractivity contribution in [3.63, 3.8) is 0 Å². The van der Waals surface area contributed by atoms with E-state index in [1.54, 1.807) is 36.4 Å². The van der Waals surface area contributed by atoms with Gasteiger partial charge in [0.2, 0.25) is 0 Å². The van der Waals surface area contributed by atoms with Gasteiger partial charge in [-0.05, 0) is 55.5 Å². The molecule has 5 heteroatoms. The number of carbonyl (C=O) groups excluding carboxylic acids is 2. The lowest BCUT2D eigenvalue weighted by atomic mass is 10.1. The zero-order valence-corrected chi connectivity index (χ0v) is 15.9. The van der Waals surface area contributed by atoms with Gasteiger partial charge in [0.1, 0.15) is 11.3 Å². The van der Waals surface area contributed by atoms with Crippen LogP contribution in [0.3, 0.4) is 0 Å². The highest BCUT2D eigenvalue weighted by atomic mass is 16.3. The molecule has 2 N–H and O–H groups in total. The standard InChI is InChI=1S/C24H20N2O3/c1-16(22-15-19-9-5-6-10-21(19)29-22)25-23(27)18-11-13-20(14-12-18)26-24(28)17-7-3-2-4-8-17/h2-16H,1H3,(H,25,27)(H,26,28). The normalized spacial score (nSPS) is 11.8. The molecule has 0 aliphatic carbocycles. The summed E-state index contributed by atoms with van der Waals surface area (Å²) in [7, 11) is 0. The molecule has 0 radical (unpaired) electrons. The Bertz CT molecular complexity index is 1110. The lowest BCUT2D eigenvalue weighted by Crippen LogP contribution is -2.26. The molecular weight excluding hydrogens is 364 g/mol. The Morgan fingerprint density at radius 3 is 2.17 bits per heavy atom. The first-order chi connectivity index (χ1) is 14.1. The predicted molar refractivity (Wildman–Crippen MR) is 113 cm³/mol. The van der Waals surface area contributed by atoms with Crippen LogP contribution in [0, 0.1) is 0 Å². The Hall–Kier alpha value is -3.86. The van der Waals surface area contributed by atoms with Crippen LogP contribution in [0.2, 0.25) is 0 Å². The molecule has 1 atom stereocenters. The van der Waals surface area contributed by atoms with Crippen molar-refractivity contribution in [2.45, 2.75) is 13.0 Å². The van der Waals surface area contributed by atoms with Crippen molar-refractivity contribution in [3.8, 4) is 0 Å². The fourth-order valence-electron chi connectivity index (χ4n) is 3.06. The Kier molecular flexibility index (Phi) is 5.12. The number of carbonyl (C=O) groups is 2. The largest absolute Gasteiger partial charge is 0.459 e. The van der Waals surface area contributed by atoms with E-state index >= 15 is 0 Å². The molecule has 29 heavy (non-hydrogen) atoms. The maximum atomic E-state index is 12.6. The van der Waals surface area contributed by atoms with Crippen LogP contribution in [0.5, 0.6) is 0 Å². The van der Waals surface area contributed by atoms with Gasteiger partial charge in [-0.15, -0.1) is 0 Å².